The van der Waals surface area contributed by atoms with Gasteiger partial charge in [0.2, 0.25) is 11.8 Å². The number of alkyl halides is 1. The minimum Gasteiger partial charge on any atom is -0.345 e. The molecular weight excluding hydrogens is 392 g/mol. The molecular formula is C21H27BrN2O2. The van der Waals surface area contributed by atoms with Crippen LogP contribution in [0, 0.1) is 17.3 Å². The molecule has 1 aromatic carbocycles. The van der Waals surface area contributed by atoms with Crippen LogP contribution >= 0.6 is 15.9 Å². The molecule has 0 heterocycles. The van der Waals surface area contributed by atoms with Gasteiger partial charge in [-0.25, -0.2) is 0 Å². The fourth-order valence-corrected chi connectivity index (χ4v) is 7.52. The zero-order valence-electron chi connectivity index (χ0n) is 15.3. The summed E-state index contributed by atoms with van der Waals surface area (Å²) < 4.78 is 0.258. The third kappa shape index (κ3) is 3.68. The van der Waals surface area contributed by atoms with Gasteiger partial charge in [-0.1, -0.05) is 34.1 Å². The number of carbonyl (C=O) groups excluding carboxylic acids is 2. The largest absolute Gasteiger partial charge is 0.345 e. The summed E-state index contributed by atoms with van der Waals surface area (Å²) in [6.45, 7) is 1.75. The van der Waals surface area contributed by atoms with Gasteiger partial charge >= 0.3 is 0 Å². The molecule has 4 saturated carbocycles. The van der Waals surface area contributed by atoms with Crippen LogP contribution in [-0.4, -0.2) is 22.2 Å². The molecule has 140 valence electrons. The summed E-state index contributed by atoms with van der Waals surface area (Å²) in [6.07, 6.45) is 7.88. The van der Waals surface area contributed by atoms with Crippen molar-refractivity contribution in [3.05, 3.63) is 30.3 Å². The van der Waals surface area contributed by atoms with Gasteiger partial charge in [0.1, 0.15) is 6.04 Å². The quantitative estimate of drug-likeness (QED) is 0.701. The van der Waals surface area contributed by atoms with Gasteiger partial charge < -0.3 is 10.6 Å². The van der Waals surface area contributed by atoms with Gasteiger partial charge in [0.05, 0.1) is 0 Å². The summed E-state index contributed by atoms with van der Waals surface area (Å²) in [5.74, 6) is 1.37. The number of hydrogen-bond donors (Lipinski definition) is 2. The Kier molecular flexibility index (Phi) is 4.62. The predicted molar refractivity (Wildman–Crippen MR) is 106 cm³/mol. The van der Waals surface area contributed by atoms with E-state index >= 15 is 0 Å². The highest BCUT2D eigenvalue weighted by molar-refractivity contribution is 9.10. The van der Waals surface area contributed by atoms with E-state index in [1.165, 1.54) is 32.1 Å². The Labute approximate surface area is 163 Å². The number of nitrogens with one attached hydrogen (secondary N) is 2. The normalized spacial score (nSPS) is 35.8. The number of benzene rings is 1. The molecule has 0 saturated heterocycles. The molecule has 0 aliphatic heterocycles. The summed E-state index contributed by atoms with van der Waals surface area (Å²) in [6, 6.07) is 8.82. The van der Waals surface area contributed by atoms with E-state index in [1.807, 2.05) is 30.3 Å². The first kappa shape index (κ1) is 18.0. The Morgan fingerprint density at radius 1 is 1.15 bits per heavy atom. The topological polar surface area (TPSA) is 58.2 Å². The predicted octanol–water partition coefficient (Wildman–Crippen LogP) is 4.25. The average molecular weight is 419 g/mol. The Hall–Kier alpha value is -1.36. The lowest BCUT2D eigenvalue weighted by Gasteiger charge is -2.60. The SMILES string of the molecule is CC(NC(=O)CC12CC3CC(CC(Br)(C3)C1)C2)C(=O)Nc1ccccc1. The van der Waals surface area contributed by atoms with Crippen LogP contribution in [0.15, 0.2) is 30.3 Å². The van der Waals surface area contributed by atoms with Crippen LogP contribution in [0.3, 0.4) is 0 Å². The first-order chi connectivity index (χ1) is 12.3. The van der Waals surface area contributed by atoms with Crippen molar-refractivity contribution < 1.29 is 9.59 Å². The highest BCUT2D eigenvalue weighted by Gasteiger charge is 2.57. The van der Waals surface area contributed by atoms with Crippen molar-refractivity contribution in [1.82, 2.24) is 5.32 Å². The molecule has 4 bridgehead atoms. The molecule has 4 aliphatic rings. The van der Waals surface area contributed by atoms with E-state index in [0.717, 1.165) is 23.9 Å². The van der Waals surface area contributed by atoms with E-state index in [0.29, 0.717) is 6.42 Å². The monoisotopic (exact) mass is 418 g/mol. The van der Waals surface area contributed by atoms with Crippen LogP contribution < -0.4 is 10.6 Å². The third-order valence-corrected chi connectivity index (χ3v) is 7.39. The maximum atomic E-state index is 12.7. The van der Waals surface area contributed by atoms with Crippen LogP contribution in [0.5, 0.6) is 0 Å². The fraction of sp³-hybridized carbons (Fsp3) is 0.619. The van der Waals surface area contributed by atoms with Gasteiger partial charge in [-0.15, -0.1) is 0 Å². The number of rotatable bonds is 5. The molecule has 4 fully saturated rings. The van der Waals surface area contributed by atoms with Crippen LogP contribution in [0.1, 0.15) is 51.9 Å². The van der Waals surface area contributed by atoms with Crippen molar-refractivity contribution in [2.24, 2.45) is 17.3 Å². The molecule has 0 aromatic heterocycles. The molecule has 5 rings (SSSR count). The zero-order chi connectivity index (χ0) is 18.4. The molecule has 3 atom stereocenters. The summed E-state index contributed by atoms with van der Waals surface area (Å²) in [7, 11) is 0. The lowest BCUT2D eigenvalue weighted by atomic mass is 9.48. The van der Waals surface area contributed by atoms with E-state index in [2.05, 4.69) is 26.6 Å². The Balaban J connectivity index is 1.34. The van der Waals surface area contributed by atoms with E-state index in [4.69, 9.17) is 0 Å². The maximum Gasteiger partial charge on any atom is 0.246 e. The molecule has 2 amide bonds. The average Bonchev–Trinajstić information content (AvgIpc) is 2.52. The first-order valence-corrected chi connectivity index (χ1v) is 10.5. The summed E-state index contributed by atoms with van der Waals surface area (Å²) >= 11 is 4.00. The van der Waals surface area contributed by atoms with Crippen molar-refractivity contribution >= 4 is 33.4 Å². The number of anilines is 1. The van der Waals surface area contributed by atoms with E-state index in [9.17, 15) is 9.59 Å². The van der Waals surface area contributed by atoms with E-state index < -0.39 is 6.04 Å². The van der Waals surface area contributed by atoms with Gasteiger partial charge in [0.25, 0.3) is 0 Å². The minimum absolute atomic E-state index is 0.0127. The molecule has 5 heteroatoms. The second-order valence-corrected chi connectivity index (χ2v) is 10.6. The molecule has 3 unspecified atom stereocenters. The molecule has 4 aliphatic carbocycles. The van der Waals surface area contributed by atoms with Crippen LogP contribution in [0.25, 0.3) is 0 Å². The lowest BCUT2D eigenvalue weighted by molar-refractivity contribution is -0.131. The van der Waals surface area contributed by atoms with Crippen LogP contribution in [0.4, 0.5) is 5.69 Å². The van der Waals surface area contributed by atoms with Gasteiger partial charge in [0.15, 0.2) is 0 Å². The second-order valence-electron chi connectivity index (χ2n) is 8.93. The van der Waals surface area contributed by atoms with Crippen LogP contribution in [-0.2, 0) is 9.59 Å². The highest BCUT2D eigenvalue weighted by atomic mass is 79.9. The number of carbonyl (C=O) groups is 2. The van der Waals surface area contributed by atoms with Crippen molar-refractivity contribution in [1.29, 1.82) is 0 Å². The van der Waals surface area contributed by atoms with Gasteiger partial charge in [-0.2, -0.15) is 0 Å². The van der Waals surface area contributed by atoms with Crippen molar-refractivity contribution in [2.45, 2.75) is 62.2 Å². The van der Waals surface area contributed by atoms with Crippen molar-refractivity contribution in [3.63, 3.8) is 0 Å². The molecule has 26 heavy (non-hydrogen) atoms. The van der Waals surface area contributed by atoms with Crippen molar-refractivity contribution in [2.75, 3.05) is 5.32 Å². The Morgan fingerprint density at radius 3 is 2.42 bits per heavy atom. The van der Waals surface area contributed by atoms with E-state index in [1.54, 1.807) is 6.92 Å². The molecule has 1 aromatic rings. The smallest absolute Gasteiger partial charge is 0.246 e. The lowest BCUT2D eigenvalue weighted by Crippen LogP contribution is -2.54. The minimum atomic E-state index is -0.533. The molecule has 0 spiro atoms. The van der Waals surface area contributed by atoms with Crippen molar-refractivity contribution in [3.8, 4) is 0 Å². The molecule has 2 N–H and O–H groups in total. The fourth-order valence-electron chi connectivity index (χ4n) is 6.01. The summed E-state index contributed by atoms with van der Waals surface area (Å²) in [5.41, 5.74) is 0.883. The zero-order valence-corrected chi connectivity index (χ0v) is 16.8. The molecule has 4 nitrogen and oxygen atoms in total. The molecule has 0 radical (unpaired) electrons. The van der Waals surface area contributed by atoms with Gasteiger partial charge in [-0.05, 0) is 74.8 Å². The third-order valence-electron chi connectivity index (χ3n) is 6.46. The number of para-hydroxylation sites is 1. The standard InChI is InChI=1S/C21H27BrN2O2/c1-14(19(26)24-17-5-3-2-4-6-17)23-18(25)12-20-8-15-7-16(9-20)11-21(22,10-15)13-20/h2-6,14-16H,7-13H2,1H3,(H,23,25)(H,24,26). The second kappa shape index (κ2) is 6.66. The first-order valence-electron chi connectivity index (χ1n) is 9.69. The van der Waals surface area contributed by atoms with Crippen LogP contribution in [0.2, 0.25) is 0 Å². The van der Waals surface area contributed by atoms with Gasteiger partial charge in [0, 0.05) is 16.4 Å². The Bertz CT molecular complexity index is 691. The van der Waals surface area contributed by atoms with E-state index in [-0.39, 0.29) is 21.6 Å². The highest BCUT2D eigenvalue weighted by Crippen LogP contribution is 2.65. The maximum absolute atomic E-state index is 12.7. The summed E-state index contributed by atoms with van der Waals surface area (Å²) in [5, 5.41) is 5.77. The number of amides is 2. The number of halogens is 1. The summed E-state index contributed by atoms with van der Waals surface area (Å²) in [4.78, 5) is 25.0. The number of hydrogen-bond acceptors (Lipinski definition) is 2. The Morgan fingerprint density at radius 2 is 1.81 bits per heavy atom. The van der Waals surface area contributed by atoms with Gasteiger partial charge in [-0.3, -0.25) is 9.59 Å².